The van der Waals surface area contributed by atoms with Crippen LogP contribution in [0.1, 0.15) is 46.5 Å². The van der Waals surface area contributed by atoms with Crippen molar-refractivity contribution < 1.29 is 4.43 Å². The monoisotopic (exact) mass is 358 g/mol. The molecule has 0 saturated heterocycles. The molecule has 3 rings (SSSR count). The molecule has 4 atom stereocenters. The maximum atomic E-state index is 7.02. The molecular formula is C21H34OSi2. The summed E-state index contributed by atoms with van der Waals surface area (Å²) in [4.78, 5) is 0. The molecule has 0 amide bonds. The molecule has 0 spiro atoms. The Hall–Kier alpha value is -0.386. The first-order chi connectivity index (χ1) is 11.3. The van der Waals surface area contributed by atoms with Crippen LogP contribution in [0, 0.1) is 17.8 Å². The Morgan fingerprint density at radius 2 is 1.83 bits per heavy atom. The van der Waals surface area contributed by atoms with E-state index >= 15 is 0 Å². The Morgan fingerprint density at radius 1 is 1.12 bits per heavy atom. The number of rotatable bonds is 5. The fourth-order valence-corrected chi connectivity index (χ4v) is 7.09. The molecule has 1 aromatic rings. The lowest BCUT2D eigenvalue weighted by Crippen LogP contribution is -2.46. The first-order valence-corrected chi connectivity index (χ1v) is 13.9. The zero-order chi connectivity index (χ0) is 17.4. The summed E-state index contributed by atoms with van der Waals surface area (Å²) >= 11 is 0. The van der Waals surface area contributed by atoms with Gasteiger partial charge >= 0.3 is 0 Å². The maximum Gasteiger partial charge on any atom is 0.192 e. The molecule has 0 aliphatic heterocycles. The normalized spacial score (nSPS) is 30.5. The third kappa shape index (κ3) is 3.89. The summed E-state index contributed by atoms with van der Waals surface area (Å²) < 4.78 is 7.02. The largest absolute Gasteiger partial charge is 0.413 e. The van der Waals surface area contributed by atoms with Gasteiger partial charge in [-0.15, -0.1) is 0 Å². The molecule has 1 aromatic carbocycles. The van der Waals surface area contributed by atoms with Crippen molar-refractivity contribution >= 4 is 23.0 Å². The molecule has 2 radical (unpaired) electrons. The molecule has 0 N–H and O–H groups in total. The Labute approximate surface area is 152 Å². The van der Waals surface area contributed by atoms with E-state index in [2.05, 4.69) is 64.2 Å². The van der Waals surface area contributed by atoms with Gasteiger partial charge in [-0.25, -0.2) is 0 Å². The highest BCUT2D eigenvalue weighted by Crippen LogP contribution is 2.51. The molecular weight excluding hydrogens is 324 g/mol. The molecule has 2 saturated carbocycles. The number of benzene rings is 1. The van der Waals surface area contributed by atoms with E-state index in [-0.39, 0.29) is 0 Å². The van der Waals surface area contributed by atoms with Gasteiger partial charge in [0.1, 0.15) is 0 Å². The van der Waals surface area contributed by atoms with E-state index in [1.807, 2.05) is 0 Å². The average Bonchev–Trinajstić information content (AvgIpc) is 3.08. The number of hydrogen-bond donors (Lipinski definition) is 0. The van der Waals surface area contributed by atoms with Crippen LogP contribution < -0.4 is 5.19 Å². The zero-order valence-corrected chi connectivity index (χ0v) is 18.1. The summed E-state index contributed by atoms with van der Waals surface area (Å²) in [5.74, 6) is 2.59. The molecule has 0 heterocycles. The Bertz CT molecular complexity index is 535. The molecule has 1 nitrogen and oxygen atoms in total. The van der Waals surface area contributed by atoms with Crippen LogP contribution in [0.4, 0.5) is 0 Å². The Morgan fingerprint density at radius 3 is 2.50 bits per heavy atom. The van der Waals surface area contributed by atoms with Gasteiger partial charge < -0.3 is 4.43 Å². The number of hydrogen-bond acceptors (Lipinski definition) is 1. The third-order valence-corrected chi connectivity index (χ3v) is 12.7. The Balaban J connectivity index is 1.70. The summed E-state index contributed by atoms with van der Waals surface area (Å²) in [6.45, 7) is 12.0. The highest BCUT2D eigenvalue weighted by molar-refractivity contribution is 6.74. The molecule has 132 valence electrons. The lowest BCUT2D eigenvalue weighted by molar-refractivity contribution is 0.104. The predicted molar refractivity (Wildman–Crippen MR) is 108 cm³/mol. The fraction of sp³-hybridized carbons (Fsp3) is 0.714. The van der Waals surface area contributed by atoms with E-state index in [1.54, 1.807) is 0 Å². The van der Waals surface area contributed by atoms with E-state index in [0.717, 1.165) is 27.3 Å². The van der Waals surface area contributed by atoms with E-state index in [0.29, 0.717) is 11.1 Å². The summed E-state index contributed by atoms with van der Waals surface area (Å²) in [5.41, 5.74) is 0. The van der Waals surface area contributed by atoms with Crippen LogP contribution in [-0.2, 0) is 4.43 Å². The minimum absolute atomic E-state index is 0.315. The van der Waals surface area contributed by atoms with Gasteiger partial charge in [0, 0.05) is 0 Å². The smallest absolute Gasteiger partial charge is 0.192 e. The van der Waals surface area contributed by atoms with Crippen molar-refractivity contribution in [2.75, 3.05) is 0 Å². The predicted octanol–water partition coefficient (Wildman–Crippen LogP) is 5.26. The van der Waals surface area contributed by atoms with Crippen molar-refractivity contribution in [3.63, 3.8) is 0 Å². The standard InChI is InChI=1S/C21H34OSi2/c1-21(2,3)24(4,5)22-20-17(14-16-10-9-13-19(16)20)15-23-18-11-7-6-8-12-18/h6-8,11-12,16-17,19-20H,9-10,13-15H2,1-5H3/t16-,17+,19+,20-/m0/s1. The van der Waals surface area contributed by atoms with Crippen LogP contribution in [0.25, 0.3) is 0 Å². The minimum Gasteiger partial charge on any atom is -0.413 e. The fourth-order valence-electron chi connectivity index (χ4n) is 4.37. The van der Waals surface area contributed by atoms with Crippen LogP contribution in [0.5, 0.6) is 0 Å². The van der Waals surface area contributed by atoms with Gasteiger partial charge in [-0.2, -0.15) is 0 Å². The van der Waals surface area contributed by atoms with Crippen LogP contribution in [-0.4, -0.2) is 23.9 Å². The highest BCUT2D eigenvalue weighted by Gasteiger charge is 2.49. The van der Waals surface area contributed by atoms with Gasteiger partial charge in [-0.3, -0.25) is 0 Å². The lowest BCUT2D eigenvalue weighted by atomic mass is 9.99. The maximum absolute atomic E-state index is 7.02. The van der Waals surface area contributed by atoms with Crippen molar-refractivity contribution in [1.82, 2.24) is 0 Å². The van der Waals surface area contributed by atoms with Crippen LogP contribution in [0.3, 0.4) is 0 Å². The van der Waals surface area contributed by atoms with E-state index in [9.17, 15) is 0 Å². The molecule has 2 fully saturated rings. The van der Waals surface area contributed by atoms with Crippen molar-refractivity contribution in [3.05, 3.63) is 30.3 Å². The zero-order valence-electron chi connectivity index (χ0n) is 16.1. The van der Waals surface area contributed by atoms with Gasteiger partial charge in [0.15, 0.2) is 8.32 Å². The topological polar surface area (TPSA) is 9.23 Å². The summed E-state index contributed by atoms with van der Waals surface area (Å²) in [6, 6.07) is 12.4. The quantitative estimate of drug-likeness (QED) is 0.652. The molecule has 24 heavy (non-hydrogen) atoms. The second kappa shape index (κ2) is 7.09. The second-order valence-electron chi connectivity index (χ2n) is 9.44. The van der Waals surface area contributed by atoms with E-state index in [4.69, 9.17) is 4.43 Å². The first-order valence-electron chi connectivity index (χ1n) is 9.75. The summed E-state index contributed by atoms with van der Waals surface area (Å²) in [6.07, 6.45) is 6.25. The van der Waals surface area contributed by atoms with Gasteiger partial charge in [-0.05, 0) is 48.7 Å². The molecule has 0 unspecified atom stereocenters. The lowest BCUT2D eigenvalue weighted by Gasteiger charge is -2.41. The third-order valence-electron chi connectivity index (χ3n) is 6.79. The van der Waals surface area contributed by atoms with Crippen molar-refractivity contribution in [2.24, 2.45) is 17.8 Å². The molecule has 0 aromatic heterocycles. The highest BCUT2D eigenvalue weighted by atomic mass is 28.4. The van der Waals surface area contributed by atoms with Crippen LogP contribution >= 0.6 is 0 Å². The van der Waals surface area contributed by atoms with Gasteiger partial charge in [0.2, 0.25) is 0 Å². The molecule has 0 bridgehead atoms. The van der Waals surface area contributed by atoms with E-state index < -0.39 is 8.32 Å². The minimum atomic E-state index is -1.68. The van der Waals surface area contributed by atoms with Crippen molar-refractivity contribution in [3.8, 4) is 0 Å². The number of fused-ring (bicyclic) bond motifs is 1. The molecule has 2 aliphatic carbocycles. The van der Waals surface area contributed by atoms with Gasteiger partial charge in [0.25, 0.3) is 0 Å². The van der Waals surface area contributed by atoms with E-state index in [1.165, 1.54) is 36.9 Å². The van der Waals surface area contributed by atoms with Crippen LogP contribution in [0.15, 0.2) is 30.3 Å². The van der Waals surface area contributed by atoms with Crippen LogP contribution in [0.2, 0.25) is 24.2 Å². The van der Waals surface area contributed by atoms with Gasteiger partial charge in [0.05, 0.1) is 15.6 Å². The summed E-state index contributed by atoms with van der Waals surface area (Å²) in [5, 5.41) is 1.83. The summed E-state index contributed by atoms with van der Waals surface area (Å²) in [7, 11) is -0.739. The van der Waals surface area contributed by atoms with Crippen molar-refractivity contribution in [1.29, 1.82) is 0 Å². The Kier molecular flexibility index (Phi) is 5.43. The first kappa shape index (κ1) is 18.4. The van der Waals surface area contributed by atoms with Crippen molar-refractivity contribution in [2.45, 2.75) is 76.7 Å². The second-order valence-corrected chi connectivity index (χ2v) is 15.5. The van der Waals surface area contributed by atoms with Gasteiger partial charge in [-0.1, -0.05) is 75.2 Å². The molecule has 3 heteroatoms. The molecule has 2 aliphatic rings. The average molecular weight is 359 g/mol. The SMILES string of the molecule is CC(C)(C)[Si](C)(C)O[C@H]1[C@@H](C[Si]c2ccccc2)C[C@@H]2CCC[C@H]21.